The van der Waals surface area contributed by atoms with Crippen LogP contribution in [0.5, 0.6) is 11.6 Å². The number of aryl methyl sites for hydroxylation is 4. The van der Waals surface area contributed by atoms with E-state index in [4.69, 9.17) is 24.2 Å². The molecule has 3 aromatic rings. The van der Waals surface area contributed by atoms with Gasteiger partial charge in [-0.3, -0.25) is 4.90 Å². The molecule has 1 aromatic heterocycles. The standard InChI is InChI=1S/C32H43N3O3/c1-7-25-10-9-11-26(8-2)30(25)31-33-24(6)28(21-38-29-20-27(22(3)4)13-12-23(29)5)32(34-31)37-19-16-35-14-17-36-18-15-35/h9-13,20,22H,7-8,14-19,21H2,1-6H3. The lowest BCUT2D eigenvalue weighted by atomic mass is 9.96. The van der Waals surface area contributed by atoms with Crippen LogP contribution < -0.4 is 9.47 Å². The van der Waals surface area contributed by atoms with Crippen LogP contribution >= 0.6 is 0 Å². The SMILES string of the molecule is CCc1cccc(CC)c1-c1nc(C)c(COc2cc(C(C)C)ccc2C)c(OCCN2CCOCC2)n1. The molecular weight excluding hydrogens is 474 g/mol. The molecule has 38 heavy (non-hydrogen) atoms. The van der Waals surface area contributed by atoms with Crippen LogP contribution in [0.4, 0.5) is 0 Å². The Hall–Kier alpha value is -2.96. The van der Waals surface area contributed by atoms with Gasteiger partial charge in [0.2, 0.25) is 5.88 Å². The van der Waals surface area contributed by atoms with Crippen molar-refractivity contribution in [3.63, 3.8) is 0 Å². The van der Waals surface area contributed by atoms with Crippen molar-refractivity contribution >= 4 is 0 Å². The summed E-state index contributed by atoms with van der Waals surface area (Å²) in [5, 5.41) is 0. The van der Waals surface area contributed by atoms with Gasteiger partial charge in [-0.25, -0.2) is 4.98 Å². The van der Waals surface area contributed by atoms with E-state index in [2.05, 4.69) is 75.9 Å². The van der Waals surface area contributed by atoms with Crippen molar-refractivity contribution in [3.8, 4) is 23.0 Å². The van der Waals surface area contributed by atoms with Crippen molar-refractivity contribution in [2.24, 2.45) is 0 Å². The van der Waals surface area contributed by atoms with Crippen LogP contribution in [0.2, 0.25) is 0 Å². The maximum atomic E-state index is 6.40. The molecule has 4 rings (SSSR count). The highest BCUT2D eigenvalue weighted by Crippen LogP contribution is 2.31. The van der Waals surface area contributed by atoms with E-state index in [0.29, 0.717) is 25.0 Å². The minimum absolute atomic E-state index is 0.359. The maximum absolute atomic E-state index is 6.40. The second-order valence-corrected chi connectivity index (χ2v) is 10.3. The molecule has 204 valence electrons. The van der Waals surface area contributed by atoms with Crippen molar-refractivity contribution in [1.29, 1.82) is 0 Å². The molecule has 1 fully saturated rings. The van der Waals surface area contributed by atoms with Crippen molar-refractivity contribution in [3.05, 3.63) is 69.9 Å². The van der Waals surface area contributed by atoms with Crippen LogP contribution in [-0.4, -0.2) is 54.3 Å². The van der Waals surface area contributed by atoms with Gasteiger partial charge in [-0.2, -0.15) is 4.98 Å². The van der Waals surface area contributed by atoms with E-state index in [1.807, 2.05) is 6.92 Å². The van der Waals surface area contributed by atoms with Gasteiger partial charge in [0.15, 0.2) is 5.82 Å². The number of aromatic nitrogens is 2. The molecule has 0 N–H and O–H groups in total. The number of hydrogen-bond donors (Lipinski definition) is 0. The molecule has 0 spiro atoms. The third-order valence-corrected chi connectivity index (χ3v) is 7.40. The molecule has 1 aliphatic heterocycles. The Morgan fingerprint density at radius 3 is 2.32 bits per heavy atom. The Morgan fingerprint density at radius 2 is 1.66 bits per heavy atom. The molecular formula is C32H43N3O3. The first kappa shape index (κ1) is 28.1. The van der Waals surface area contributed by atoms with Gasteiger partial charge < -0.3 is 14.2 Å². The van der Waals surface area contributed by atoms with E-state index in [0.717, 1.165) is 79.6 Å². The highest BCUT2D eigenvalue weighted by molar-refractivity contribution is 5.66. The van der Waals surface area contributed by atoms with E-state index in [9.17, 15) is 0 Å². The van der Waals surface area contributed by atoms with Crippen LogP contribution in [0.25, 0.3) is 11.4 Å². The third-order valence-electron chi connectivity index (χ3n) is 7.40. The van der Waals surface area contributed by atoms with Crippen molar-refractivity contribution in [2.75, 3.05) is 39.5 Å². The lowest BCUT2D eigenvalue weighted by Gasteiger charge is -2.26. The summed E-state index contributed by atoms with van der Waals surface area (Å²) in [7, 11) is 0. The number of benzene rings is 2. The summed E-state index contributed by atoms with van der Waals surface area (Å²) >= 11 is 0. The van der Waals surface area contributed by atoms with Gasteiger partial charge in [-0.1, -0.05) is 58.0 Å². The van der Waals surface area contributed by atoms with Gasteiger partial charge in [0.25, 0.3) is 0 Å². The summed E-state index contributed by atoms with van der Waals surface area (Å²) in [6, 6.07) is 12.9. The normalized spacial score (nSPS) is 14.2. The highest BCUT2D eigenvalue weighted by atomic mass is 16.5. The average Bonchev–Trinajstić information content (AvgIpc) is 2.93. The molecule has 0 saturated carbocycles. The fourth-order valence-corrected chi connectivity index (χ4v) is 4.87. The first-order chi connectivity index (χ1) is 18.4. The number of hydrogen-bond acceptors (Lipinski definition) is 6. The molecule has 6 heteroatoms. The van der Waals surface area contributed by atoms with E-state index in [1.165, 1.54) is 16.7 Å². The Balaban J connectivity index is 1.66. The van der Waals surface area contributed by atoms with Crippen molar-refractivity contribution in [2.45, 2.75) is 66.9 Å². The van der Waals surface area contributed by atoms with Gasteiger partial charge in [-0.05, 0) is 60.9 Å². The molecule has 2 heterocycles. The zero-order valence-electron chi connectivity index (χ0n) is 24.0. The number of ether oxygens (including phenoxy) is 3. The Bertz CT molecular complexity index is 1200. The van der Waals surface area contributed by atoms with Crippen LogP contribution in [0.3, 0.4) is 0 Å². The molecule has 0 bridgehead atoms. The minimum atomic E-state index is 0.359. The summed E-state index contributed by atoms with van der Waals surface area (Å²) in [6.45, 7) is 18.1. The summed E-state index contributed by atoms with van der Waals surface area (Å²) in [5.41, 5.74) is 7.81. The molecule has 0 aliphatic carbocycles. The largest absolute Gasteiger partial charge is 0.488 e. The van der Waals surface area contributed by atoms with Gasteiger partial charge in [-0.15, -0.1) is 0 Å². The topological polar surface area (TPSA) is 56.7 Å². The zero-order valence-corrected chi connectivity index (χ0v) is 24.0. The molecule has 0 unspecified atom stereocenters. The number of nitrogens with zero attached hydrogens (tertiary/aromatic N) is 3. The monoisotopic (exact) mass is 517 g/mol. The number of rotatable bonds is 11. The predicted molar refractivity (Wildman–Crippen MR) is 153 cm³/mol. The van der Waals surface area contributed by atoms with Gasteiger partial charge in [0.1, 0.15) is 19.0 Å². The summed E-state index contributed by atoms with van der Waals surface area (Å²) in [4.78, 5) is 12.4. The minimum Gasteiger partial charge on any atom is -0.488 e. The van der Waals surface area contributed by atoms with Crippen LogP contribution in [-0.2, 0) is 24.2 Å². The first-order valence-corrected chi connectivity index (χ1v) is 14.1. The third kappa shape index (κ3) is 6.72. The van der Waals surface area contributed by atoms with Gasteiger partial charge >= 0.3 is 0 Å². The maximum Gasteiger partial charge on any atom is 0.224 e. The Morgan fingerprint density at radius 1 is 0.947 bits per heavy atom. The van der Waals surface area contributed by atoms with Gasteiger partial charge in [0, 0.05) is 25.2 Å². The number of morpholine rings is 1. The Kier molecular flexibility index (Phi) is 9.75. The average molecular weight is 518 g/mol. The van der Waals surface area contributed by atoms with Gasteiger partial charge in [0.05, 0.1) is 24.5 Å². The van der Waals surface area contributed by atoms with E-state index in [-0.39, 0.29) is 0 Å². The lowest BCUT2D eigenvalue weighted by molar-refractivity contribution is 0.0319. The van der Waals surface area contributed by atoms with Crippen LogP contribution in [0.1, 0.15) is 67.1 Å². The molecule has 1 saturated heterocycles. The van der Waals surface area contributed by atoms with E-state index >= 15 is 0 Å². The predicted octanol–water partition coefficient (Wildman–Crippen LogP) is 6.30. The van der Waals surface area contributed by atoms with Crippen molar-refractivity contribution < 1.29 is 14.2 Å². The quantitative estimate of drug-likeness (QED) is 0.298. The molecule has 2 aromatic carbocycles. The molecule has 1 aliphatic rings. The second kappa shape index (κ2) is 13.2. The summed E-state index contributed by atoms with van der Waals surface area (Å²) in [5.74, 6) is 2.68. The van der Waals surface area contributed by atoms with Crippen molar-refractivity contribution in [1.82, 2.24) is 14.9 Å². The first-order valence-electron chi connectivity index (χ1n) is 14.1. The highest BCUT2D eigenvalue weighted by Gasteiger charge is 2.20. The van der Waals surface area contributed by atoms with E-state index in [1.54, 1.807) is 0 Å². The molecule has 0 atom stereocenters. The zero-order chi connectivity index (χ0) is 27.1. The van der Waals surface area contributed by atoms with Crippen LogP contribution in [0, 0.1) is 13.8 Å². The summed E-state index contributed by atoms with van der Waals surface area (Å²) in [6.07, 6.45) is 1.85. The van der Waals surface area contributed by atoms with E-state index < -0.39 is 0 Å². The fourth-order valence-electron chi connectivity index (χ4n) is 4.87. The molecule has 6 nitrogen and oxygen atoms in total. The molecule has 0 radical (unpaired) electrons. The fraction of sp³-hybridized carbons (Fsp3) is 0.500. The molecule has 0 amide bonds. The summed E-state index contributed by atoms with van der Waals surface area (Å²) < 4.78 is 18.3. The Labute approximate surface area is 228 Å². The lowest BCUT2D eigenvalue weighted by Crippen LogP contribution is -2.38. The van der Waals surface area contributed by atoms with Crippen LogP contribution in [0.15, 0.2) is 36.4 Å². The smallest absolute Gasteiger partial charge is 0.224 e. The second-order valence-electron chi connectivity index (χ2n) is 10.3.